The highest BCUT2D eigenvalue weighted by atomic mass is 32.1. The van der Waals surface area contributed by atoms with Crippen LogP contribution in [0.1, 0.15) is 57.9 Å². The molecule has 0 radical (unpaired) electrons. The lowest BCUT2D eigenvalue weighted by Crippen LogP contribution is -2.26. The van der Waals surface area contributed by atoms with E-state index >= 15 is 0 Å². The first kappa shape index (κ1) is 18.1. The predicted molar refractivity (Wildman–Crippen MR) is 109 cm³/mol. The van der Waals surface area contributed by atoms with Gasteiger partial charge in [0, 0.05) is 29.3 Å². The number of anilines is 1. The number of aryl methyl sites for hydroxylation is 1. The Hall–Kier alpha value is -1.24. The van der Waals surface area contributed by atoms with Crippen molar-refractivity contribution in [1.29, 1.82) is 0 Å². The van der Waals surface area contributed by atoms with Gasteiger partial charge in [0.1, 0.15) is 0 Å². The number of nitrogens with one attached hydrogen (secondary N) is 1. The molecule has 1 atom stereocenters. The number of hydrogen-bond acceptors (Lipinski definition) is 5. The van der Waals surface area contributed by atoms with Crippen LogP contribution in [0.3, 0.4) is 0 Å². The van der Waals surface area contributed by atoms with E-state index in [-0.39, 0.29) is 5.91 Å². The second-order valence-electron chi connectivity index (χ2n) is 8.70. The number of amides is 1. The molecule has 1 N–H and O–H groups in total. The molecular formula is C20H27N3OS2. The maximum atomic E-state index is 12.7. The number of fused-ring (bicyclic) bond motifs is 2. The fourth-order valence-corrected chi connectivity index (χ4v) is 6.10. The fraction of sp³-hybridized carbons (Fsp3) is 0.600. The van der Waals surface area contributed by atoms with Crippen LogP contribution in [0, 0.1) is 11.3 Å². The topological polar surface area (TPSA) is 45.2 Å². The van der Waals surface area contributed by atoms with Gasteiger partial charge in [0.05, 0.1) is 10.6 Å². The van der Waals surface area contributed by atoms with Crippen molar-refractivity contribution in [2.24, 2.45) is 11.3 Å². The van der Waals surface area contributed by atoms with Crippen molar-refractivity contribution in [2.75, 3.05) is 18.9 Å². The van der Waals surface area contributed by atoms with E-state index in [0.29, 0.717) is 11.3 Å². The summed E-state index contributed by atoms with van der Waals surface area (Å²) in [6.45, 7) is 8.94. The van der Waals surface area contributed by atoms with Crippen molar-refractivity contribution in [3.63, 3.8) is 0 Å². The molecule has 2 aromatic rings. The van der Waals surface area contributed by atoms with Crippen molar-refractivity contribution in [3.8, 4) is 0 Å². The van der Waals surface area contributed by atoms with Crippen LogP contribution in [0.5, 0.6) is 0 Å². The standard InChI is InChI=1S/C20H27N3OS2/c1-20(2,3)13-5-6-15-12(9-13)10-16(25-15)18(24)22-19-21-14-7-8-23(4)11-17(14)26-19/h10,13H,5-9,11H2,1-4H3,(H,21,22,24). The number of aromatic nitrogens is 1. The molecular weight excluding hydrogens is 362 g/mol. The van der Waals surface area contributed by atoms with E-state index in [1.165, 1.54) is 21.7 Å². The zero-order chi connectivity index (χ0) is 18.5. The maximum absolute atomic E-state index is 12.7. The normalized spacial score (nSPS) is 20.5. The van der Waals surface area contributed by atoms with E-state index in [1.807, 2.05) is 0 Å². The van der Waals surface area contributed by atoms with E-state index in [4.69, 9.17) is 0 Å². The van der Waals surface area contributed by atoms with Crippen molar-refractivity contribution >= 4 is 33.7 Å². The van der Waals surface area contributed by atoms with Crippen LogP contribution in [0.4, 0.5) is 5.13 Å². The average molecular weight is 390 g/mol. The lowest BCUT2D eigenvalue weighted by atomic mass is 9.72. The van der Waals surface area contributed by atoms with Gasteiger partial charge >= 0.3 is 0 Å². The Balaban J connectivity index is 1.48. The predicted octanol–water partition coefficient (Wildman–Crippen LogP) is 4.60. The summed E-state index contributed by atoms with van der Waals surface area (Å²) in [5, 5.41) is 3.79. The van der Waals surface area contributed by atoms with Crippen LogP contribution < -0.4 is 5.32 Å². The summed E-state index contributed by atoms with van der Waals surface area (Å²) in [6, 6.07) is 2.12. The maximum Gasteiger partial charge on any atom is 0.267 e. The van der Waals surface area contributed by atoms with E-state index < -0.39 is 0 Å². The van der Waals surface area contributed by atoms with E-state index in [9.17, 15) is 4.79 Å². The summed E-state index contributed by atoms with van der Waals surface area (Å²) in [5.74, 6) is 0.694. The first-order valence-electron chi connectivity index (χ1n) is 9.39. The molecule has 1 unspecified atom stereocenters. The molecule has 1 amide bonds. The number of thiophene rings is 1. The third kappa shape index (κ3) is 3.59. The van der Waals surface area contributed by atoms with E-state index in [2.05, 4.69) is 49.1 Å². The average Bonchev–Trinajstić information content (AvgIpc) is 3.15. The minimum Gasteiger partial charge on any atom is -0.301 e. The van der Waals surface area contributed by atoms with Gasteiger partial charge in [-0.25, -0.2) is 4.98 Å². The Bertz CT molecular complexity index is 831. The molecule has 6 heteroatoms. The molecule has 140 valence electrons. The lowest BCUT2D eigenvalue weighted by molar-refractivity contribution is 0.103. The van der Waals surface area contributed by atoms with Crippen LogP contribution in [0.15, 0.2) is 6.07 Å². The Morgan fingerprint density at radius 3 is 2.85 bits per heavy atom. The zero-order valence-corrected chi connectivity index (χ0v) is 17.6. The monoisotopic (exact) mass is 389 g/mol. The minimum absolute atomic E-state index is 0.00356. The smallest absolute Gasteiger partial charge is 0.267 e. The van der Waals surface area contributed by atoms with Crippen LogP contribution in [0.2, 0.25) is 0 Å². The van der Waals surface area contributed by atoms with Gasteiger partial charge in [-0.1, -0.05) is 20.8 Å². The molecule has 2 aromatic heterocycles. The van der Waals surface area contributed by atoms with E-state index in [0.717, 1.165) is 48.1 Å². The van der Waals surface area contributed by atoms with Crippen molar-refractivity contribution < 1.29 is 4.79 Å². The summed E-state index contributed by atoms with van der Waals surface area (Å²) in [6.07, 6.45) is 4.40. The quantitative estimate of drug-likeness (QED) is 0.817. The summed E-state index contributed by atoms with van der Waals surface area (Å²) >= 11 is 3.29. The highest BCUT2D eigenvalue weighted by Crippen LogP contribution is 2.40. The Kier molecular flexibility index (Phi) is 4.70. The number of hydrogen-bond donors (Lipinski definition) is 1. The first-order chi connectivity index (χ1) is 12.3. The molecule has 26 heavy (non-hydrogen) atoms. The molecule has 0 bridgehead atoms. The number of rotatable bonds is 2. The van der Waals surface area contributed by atoms with Gasteiger partial charge in [0.2, 0.25) is 0 Å². The first-order valence-corrected chi connectivity index (χ1v) is 11.0. The number of likely N-dealkylation sites (N-methyl/N-ethyl adjacent to an activating group) is 1. The third-order valence-corrected chi connectivity index (χ3v) is 7.91. The molecule has 0 aromatic carbocycles. The molecule has 1 aliphatic heterocycles. The molecule has 0 fully saturated rings. The van der Waals surface area contributed by atoms with Crippen LogP contribution in [-0.2, 0) is 25.8 Å². The Morgan fingerprint density at radius 1 is 1.27 bits per heavy atom. The molecule has 4 nitrogen and oxygen atoms in total. The van der Waals surface area contributed by atoms with Crippen molar-refractivity contribution in [1.82, 2.24) is 9.88 Å². The molecule has 2 aliphatic rings. The second kappa shape index (κ2) is 6.73. The SMILES string of the molecule is CN1CCc2nc(NC(=O)c3cc4c(s3)CCC(C(C)(C)C)C4)sc2C1. The van der Waals surface area contributed by atoms with Crippen molar-refractivity contribution in [2.45, 2.75) is 53.0 Å². The minimum atomic E-state index is -0.00356. The van der Waals surface area contributed by atoms with Gasteiger partial charge in [0.25, 0.3) is 5.91 Å². The molecule has 4 rings (SSSR count). The van der Waals surface area contributed by atoms with Gasteiger partial charge in [-0.2, -0.15) is 0 Å². The molecule has 0 saturated carbocycles. The van der Waals surface area contributed by atoms with Crippen LogP contribution in [0.25, 0.3) is 0 Å². The number of nitrogens with zero attached hydrogens (tertiary/aromatic N) is 2. The van der Waals surface area contributed by atoms with Gasteiger partial charge in [-0.3, -0.25) is 10.1 Å². The Morgan fingerprint density at radius 2 is 2.08 bits per heavy atom. The van der Waals surface area contributed by atoms with Gasteiger partial charge in [0.15, 0.2) is 5.13 Å². The van der Waals surface area contributed by atoms with Gasteiger partial charge in [-0.05, 0) is 49.3 Å². The van der Waals surface area contributed by atoms with Crippen LogP contribution in [-0.4, -0.2) is 29.4 Å². The highest BCUT2D eigenvalue weighted by molar-refractivity contribution is 7.16. The summed E-state index contributed by atoms with van der Waals surface area (Å²) in [5.41, 5.74) is 2.86. The lowest BCUT2D eigenvalue weighted by Gasteiger charge is -2.33. The number of carbonyl (C=O) groups excluding carboxylic acids is 1. The molecule has 0 spiro atoms. The van der Waals surface area contributed by atoms with Gasteiger partial charge < -0.3 is 4.90 Å². The highest BCUT2D eigenvalue weighted by Gasteiger charge is 2.30. The van der Waals surface area contributed by atoms with Crippen molar-refractivity contribution in [3.05, 3.63) is 32.0 Å². The fourth-order valence-electron chi connectivity index (χ4n) is 3.91. The summed E-state index contributed by atoms with van der Waals surface area (Å²) in [7, 11) is 2.13. The Labute approximate surface area is 163 Å². The third-order valence-electron chi connectivity index (χ3n) is 5.67. The van der Waals surface area contributed by atoms with Crippen LogP contribution >= 0.6 is 22.7 Å². The zero-order valence-electron chi connectivity index (χ0n) is 16.0. The molecule has 1 aliphatic carbocycles. The summed E-state index contributed by atoms with van der Waals surface area (Å²) in [4.78, 5) is 23.2. The van der Waals surface area contributed by atoms with Gasteiger partial charge in [-0.15, -0.1) is 22.7 Å². The number of thiazole rings is 1. The molecule has 3 heterocycles. The van der Waals surface area contributed by atoms with E-state index in [1.54, 1.807) is 22.7 Å². The molecule has 0 saturated heterocycles. The second-order valence-corrected chi connectivity index (χ2v) is 10.9. The largest absolute Gasteiger partial charge is 0.301 e. The summed E-state index contributed by atoms with van der Waals surface area (Å²) < 4.78 is 0. The number of carbonyl (C=O) groups is 1.